The average Bonchev–Trinajstić information content (AvgIpc) is 2.99. The van der Waals surface area contributed by atoms with Gasteiger partial charge in [0.2, 0.25) is 0 Å². The van der Waals surface area contributed by atoms with Gasteiger partial charge in [-0.15, -0.1) is 0 Å². The molecule has 1 aliphatic carbocycles. The van der Waals surface area contributed by atoms with Gasteiger partial charge in [0, 0.05) is 34.6 Å². The Bertz CT molecular complexity index is 1070. The molecule has 1 atom stereocenters. The van der Waals surface area contributed by atoms with E-state index in [9.17, 15) is 4.79 Å². The molecule has 166 valence electrons. The lowest BCUT2D eigenvalue weighted by Gasteiger charge is -2.40. The van der Waals surface area contributed by atoms with Crippen LogP contribution >= 0.6 is 0 Å². The van der Waals surface area contributed by atoms with E-state index in [0.717, 1.165) is 34.8 Å². The molecule has 31 heavy (non-hydrogen) atoms. The molecule has 0 spiro atoms. The van der Waals surface area contributed by atoms with Crippen molar-refractivity contribution < 1.29 is 4.79 Å². The van der Waals surface area contributed by atoms with E-state index in [1.54, 1.807) is 0 Å². The highest BCUT2D eigenvalue weighted by Crippen LogP contribution is 2.52. The number of allylic oxidation sites excluding steroid dienone is 2. The lowest BCUT2D eigenvalue weighted by Crippen LogP contribution is -2.35. The SMILES string of the molecule is Cc1ccc(C2C3=C(CC(C)(C)CC3=O)Nc3c2c(C(C)(C)C)nn3C(C)(C)C)cc1. The third-order valence-electron chi connectivity index (χ3n) is 6.45. The Morgan fingerprint density at radius 2 is 1.65 bits per heavy atom. The van der Waals surface area contributed by atoms with E-state index in [1.807, 2.05) is 0 Å². The van der Waals surface area contributed by atoms with Crippen LogP contribution in [0.4, 0.5) is 5.82 Å². The summed E-state index contributed by atoms with van der Waals surface area (Å²) in [6, 6.07) is 8.68. The van der Waals surface area contributed by atoms with Gasteiger partial charge in [-0.3, -0.25) is 4.79 Å². The molecule has 0 fully saturated rings. The number of anilines is 1. The number of hydrogen-bond donors (Lipinski definition) is 1. The summed E-state index contributed by atoms with van der Waals surface area (Å²) >= 11 is 0. The molecule has 0 bridgehead atoms. The van der Waals surface area contributed by atoms with Crippen LogP contribution in [0.15, 0.2) is 35.5 Å². The second-order valence-corrected chi connectivity index (χ2v) is 12.2. The molecule has 0 saturated carbocycles. The number of aryl methyl sites for hydroxylation is 1. The van der Waals surface area contributed by atoms with Crippen LogP contribution in [0.1, 0.15) is 96.5 Å². The number of Topliss-reactive ketones (excluding diaryl/α,β-unsaturated/α-hetero) is 1. The van der Waals surface area contributed by atoms with Crippen molar-refractivity contribution in [3.63, 3.8) is 0 Å². The van der Waals surface area contributed by atoms with Gasteiger partial charge in [-0.1, -0.05) is 64.4 Å². The van der Waals surface area contributed by atoms with Gasteiger partial charge in [-0.05, 0) is 45.1 Å². The summed E-state index contributed by atoms with van der Waals surface area (Å²) in [4.78, 5) is 13.5. The quantitative estimate of drug-likeness (QED) is 0.578. The zero-order valence-corrected chi connectivity index (χ0v) is 20.6. The zero-order chi connectivity index (χ0) is 22.9. The molecule has 0 amide bonds. The summed E-state index contributed by atoms with van der Waals surface area (Å²) in [5, 5.41) is 8.89. The molecule has 0 saturated heterocycles. The molecule has 1 aromatic carbocycles. The molecule has 4 nitrogen and oxygen atoms in total. The fourth-order valence-electron chi connectivity index (χ4n) is 5.02. The molecule has 1 unspecified atom stereocenters. The predicted octanol–water partition coefficient (Wildman–Crippen LogP) is 6.44. The number of carbonyl (C=O) groups excluding carboxylic acids is 1. The zero-order valence-electron chi connectivity index (χ0n) is 20.6. The first kappa shape index (κ1) is 21.9. The minimum absolute atomic E-state index is 0.0440. The lowest BCUT2D eigenvalue weighted by molar-refractivity contribution is -0.118. The molecule has 0 radical (unpaired) electrons. The normalized spacial score (nSPS) is 20.9. The van der Waals surface area contributed by atoms with Crippen molar-refractivity contribution in [3.8, 4) is 0 Å². The molecule has 2 aromatic rings. The number of ketones is 1. The summed E-state index contributed by atoms with van der Waals surface area (Å²) in [5.41, 5.74) is 6.29. The van der Waals surface area contributed by atoms with Crippen molar-refractivity contribution in [1.29, 1.82) is 0 Å². The fraction of sp³-hybridized carbons (Fsp3) is 0.556. The highest BCUT2D eigenvalue weighted by atomic mass is 16.1. The van der Waals surface area contributed by atoms with E-state index in [1.165, 1.54) is 11.1 Å². The Morgan fingerprint density at radius 3 is 2.19 bits per heavy atom. The van der Waals surface area contributed by atoms with Gasteiger partial charge in [-0.2, -0.15) is 5.10 Å². The largest absolute Gasteiger partial charge is 0.343 e. The van der Waals surface area contributed by atoms with Crippen LogP contribution in [0.5, 0.6) is 0 Å². The Hall–Kier alpha value is -2.36. The van der Waals surface area contributed by atoms with Crippen molar-refractivity contribution >= 4 is 11.6 Å². The van der Waals surface area contributed by atoms with Crippen LogP contribution in [0.3, 0.4) is 0 Å². The molecule has 4 heteroatoms. The third-order valence-corrected chi connectivity index (χ3v) is 6.45. The Kier molecular flexibility index (Phi) is 4.81. The van der Waals surface area contributed by atoms with Crippen molar-refractivity contribution in [2.75, 3.05) is 5.32 Å². The topological polar surface area (TPSA) is 46.9 Å². The summed E-state index contributed by atoms with van der Waals surface area (Å²) in [5.74, 6) is 1.23. The van der Waals surface area contributed by atoms with Gasteiger partial charge >= 0.3 is 0 Å². The van der Waals surface area contributed by atoms with Crippen LogP contribution in [0.25, 0.3) is 0 Å². The van der Waals surface area contributed by atoms with Crippen molar-refractivity contribution in [3.05, 3.63) is 57.9 Å². The van der Waals surface area contributed by atoms with E-state index in [4.69, 9.17) is 5.10 Å². The van der Waals surface area contributed by atoms with Crippen LogP contribution in [-0.2, 0) is 15.7 Å². The van der Waals surface area contributed by atoms with E-state index < -0.39 is 0 Å². The van der Waals surface area contributed by atoms with Gasteiger partial charge in [0.25, 0.3) is 0 Å². The summed E-state index contributed by atoms with van der Waals surface area (Å²) < 4.78 is 2.14. The predicted molar refractivity (Wildman–Crippen MR) is 128 cm³/mol. The lowest BCUT2D eigenvalue weighted by atomic mass is 9.68. The number of nitrogens with one attached hydrogen (secondary N) is 1. The minimum atomic E-state index is -0.176. The molecule has 1 aliphatic heterocycles. The third kappa shape index (κ3) is 3.75. The van der Waals surface area contributed by atoms with E-state index >= 15 is 0 Å². The second kappa shape index (κ2) is 6.82. The van der Waals surface area contributed by atoms with E-state index in [-0.39, 0.29) is 28.1 Å². The standard InChI is InChI=1S/C27H37N3O/c1-16-10-12-17(13-11-16)20-21-18(14-27(8,9)15-19(21)31)28-24-22(20)23(25(2,3)4)29-30(24)26(5,6)7/h10-13,20,28H,14-15H2,1-9H3. The molecule has 1 aromatic heterocycles. The van der Waals surface area contributed by atoms with Crippen LogP contribution in [0, 0.1) is 12.3 Å². The molecular formula is C27H37N3O. The van der Waals surface area contributed by atoms with E-state index in [0.29, 0.717) is 6.42 Å². The van der Waals surface area contributed by atoms with Gasteiger partial charge in [0.1, 0.15) is 5.82 Å². The first-order chi connectivity index (χ1) is 14.2. The average molecular weight is 420 g/mol. The second-order valence-electron chi connectivity index (χ2n) is 12.2. The van der Waals surface area contributed by atoms with Crippen molar-refractivity contribution in [1.82, 2.24) is 9.78 Å². The summed E-state index contributed by atoms with van der Waals surface area (Å²) in [7, 11) is 0. The molecule has 2 heterocycles. The highest BCUT2D eigenvalue weighted by molar-refractivity contribution is 6.01. The Balaban J connectivity index is 2.06. The van der Waals surface area contributed by atoms with Gasteiger partial charge in [0.15, 0.2) is 5.78 Å². The number of benzene rings is 1. The molecule has 2 aliphatic rings. The number of hydrogen-bond acceptors (Lipinski definition) is 3. The fourth-order valence-corrected chi connectivity index (χ4v) is 5.02. The maximum Gasteiger partial charge on any atom is 0.162 e. The molecule has 1 N–H and O–H groups in total. The monoisotopic (exact) mass is 419 g/mol. The van der Waals surface area contributed by atoms with Crippen molar-refractivity contribution in [2.24, 2.45) is 5.41 Å². The number of carbonyl (C=O) groups is 1. The van der Waals surface area contributed by atoms with Gasteiger partial charge < -0.3 is 5.32 Å². The number of aromatic nitrogens is 2. The highest BCUT2D eigenvalue weighted by Gasteiger charge is 2.45. The maximum atomic E-state index is 13.5. The number of nitrogens with zero attached hydrogens (tertiary/aromatic N) is 2. The Morgan fingerprint density at radius 1 is 1.03 bits per heavy atom. The van der Waals surface area contributed by atoms with Crippen LogP contribution < -0.4 is 5.32 Å². The Labute approximate surface area is 187 Å². The first-order valence-corrected chi connectivity index (χ1v) is 11.4. The maximum absolute atomic E-state index is 13.5. The van der Waals surface area contributed by atoms with Gasteiger partial charge in [-0.25, -0.2) is 4.68 Å². The first-order valence-electron chi connectivity index (χ1n) is 11.4. The van der Waals surface area contributed by atoms with Gasteiger partial charge in [0.05, 0.1) is 11.2 Å². The number of fused-ring (bicyclic) bond motifs is 1. The molecule has 4 rings (SSSR count). The molecular weight excluding hydrogens is 382 g/mol. The summed E-state index contributed by atoms with van der Waals surface area (Å²) in [6.07, 6.45) is 1.46. The number of rotatable bonds is 1. The van der Waals surface area contributed by atoms with Crippen molar-refractivity contribution in [2.45, 2.75) is 92.0 Å². The van der Waals surface area contributed by atoms with Crippen LogP contribution in [0.2, 0.25) is 0 Å². The summed E-state index contributed by atoms with van der Waals surface area (Å²) in [6.45, 7) is 19.7. The minimum Gasteiger partial charge on any atom is -0.343 e. The smallest absolute Gasteiger partial charge is 0.162 e. The van der Waals surface area contributed by atoms with E-state index in [2.05, 4.69) is 96.6 Å². The van der Waals surface area contributed by atoms with Crippen LogP contribution in [-0.4, -0.2) is 15.6 Å².